The van der Waals surface area contributed by atoms with E-state index in [1.165, 1.54) is 12.1 Å². The van der Waals surface area contributed by atoms with Crippen molar-refractivity contribution >= 4 is 11.6 Å². The summed E-state index contributed by atoms with van der Waals surface area (Å²) in [5.74, 6) is -0.415. The Balaban J connectivity index is 1.51. The van der Waals surface area contributed by atoms with Crippen molar-refractivity contribution in [2.75, 3.05) is 18.4 Å². The molecule has 1 amide bonds. The Morgan fingerprint density at radius 3 is 2.41 bits per heavy atom. The molecule has 0 spiro atoms. The van der Waals surface area contributed by atoms with Crippen molar-refractivity contribution < 1.29 is 9.18 Å². The minimum absolute atomic E-state index is 0.0143. The molecular weight excluding hydrogens is 339 g/mol. The summed E-state index contributed by atoms with van der Waals surface area (Å²) in [6.45, 7) is 1.33. The number of carbonyl (C=O) groups is 1. The number of carbonyl (C=O) groups excluding carboxylic acids is 1. The molecule has 1 aliphatic rings. The fourth-order valence-corrected chi connectivity index (χ4v) is 3.66. The maximum atomic E-state index is 13.2. The highest BCUT2D eigenvalue weighted by Crippen LogP contribution is 2.30. The lowest BCUT2D eigenvalue weighted by molar-refractivity contribution is -0.119. The Hall–Kier alpha value is -2.98. The molecule has 2 atom stereocenters. The molecule has 0 aromatic heterocycles. The summed E-state index contributed by atoms with van der Waals surface area (Å²) < 4.78 is 13.2. The Morgan fingerprint density at radius 1 is 0.889 bits per heavy atom. The molecule has 0 unspecified atom stereocenters. The van der Waals surface area contributed by atoms with E-state index in [1.54, 1.807) is 12.1 Å². The van der Waals surface area contributed by atoms with Gasteiger partial charge in [0.2, 0.25) is 5.91 Å². The Kier molecular flexibility index (Phi) is 4.99. The van der Waals surface area contributed by atoms with Gasteiger partial charge in [0, 0.05) is 24.7 Å². The molecular formula is C23H21FN2O. The molecule has 136 valence electrons. The molecule has 27 heavy (non-hydrogen) atoms. The molecule has 1 fully saturated rings. The molecule has 3 nitrogen and oxygen atoms in total. The van der Waals surface area contributed by atoms with Gasteiger partial charge in [-0.05, 0) is 41.0 Å². The van der Waals surface area contributed by atoms with E-state index in [1.807, 2.05) is 54.6 Å². The second-order valence-corrected chi connectivity index (χ2v) is 6.86. The maximum absolute atomic E-state index is 13.2. The van der Waals surface area contributed by atoms with Gasteiger partial charge in [-0.3, -0.25) is 4.79 Å². The molecule has 0 aliphatic carbocycles. The molecule has 4 heteroatoms. The molecule has 1 saturated heterocycles. The van der Waals surface area contributed by atoms with Crippen molar-refractivity contribution in [1.29, 1.82) is 0 Å². The van der Waals surface area contributed by atoms with Gasteiger partial charge in [-0.2, -0.15) is 0 Å². The predicted octanol–water partition coefficient (Wildman–Crippen LogP) is 4.43. The van der Waals surface area contributed by atoms with Crippen LogP contribution in [0.25, 0.3) is 11.1 Å². The van der Waals surface area contributed by atoms with Crippen molar-refractivity contribution in [1.82, 2.24) is 5.32 Å². The van der Waals surface area contributed by atoms with Gasteiger partial charge in [0.15, 0.2) is 0 Å². The van der Waals surface area contributed by atoms with E-state index in [-0.39, 0.29) is 23.6 Å². The zero-order valence-electron chi connectivity index (χ0n) is 14.9. The Labute approximate surface area is 158 Å². The summed E-state index contributed by atoms with van der Waals surface area (Å²) in [5.41, 5.74) is 3.94. The van der Waals surface area contributed by atoms with Crippen molar-refractivity contribution in [3.8, 4) is 11.1 Å². The number of benzene rings is 3. The van der Waals surface area contributed by atoms with Gasteiger partial charge in [0.1, 0.15) is 5.82 Å². The molecule has 4 rings (SSSR count). The van der Waals surface area contributed by atoms with Crippen LogP contribution in [0.2, 0.25) is 0 Å². The monoisotopic (exact) mass is 360 g/mol. The van der Waals surface area contributed by atoms with E-state index in [2.05, 4.69) is 10.6 Å². The van der Waals surface area contributed by atoms with Crippen molar-refractivity contribution in [2.24, 2.45) is 5.92 Å². The minimum atomic E-state index is -0.261. The average Bonchev–Trinajstić information content (AvgIpc) is 3.19. The summed E-state index contributed by atoms with van der Waals surface area (Å²) in [5, 5.41) is 6.34. The van der Waals surface area contributed by atoms with E-state index >= 15 is 0 Å². The Morgan fingerprint density at radius 2 is 1.63 bits per heavy atom. The van der Waals surface area contributed by atoms with Gasteiger partial charge in [-0.1, -0.05) is 54.6 Å². The van der Waals surface area contributed by atoms with Crippen LogP contribution in [0.15, 0.2) is 78.9 Å². The number of rotatable bonds is 4. The number of amides is 1. The highest BCUT2D eigenvalue weighted by atomic mass is 19.1. The molecule has 0 radical (unpaired) electrons. The highest BCUT2D eigenvalue weighted by molar-refractivity contribution is 5.94. The molecule has 0 saturated carbocycles. The smallest absolute Gasteiger partial charge is 0.229 e. The molecule has 1 aliphatic heterocycles. The molecule has 3 aromatic carbocycles. The second-order valence-electron chi connectivity index (χ2n) is 6.86. The van der Waals surface area contributed by atoms with Crippen molar-refractivity contribution in [3.63, 3.8) is 0 Å². The van der Waals surface area contributed by atoms with Gasteiger partial charge in [-0.15, -0.1) is 0 Å². The topological polar surface area (TPSA) is 41.1 Å². The second kappa shape index (κ2) is 7.72. The number of hydrogen-bond acceptors (Lipinski definition) is 2. The molecule has 1 heterocycles. The number of nitrogens with one attached hydrogen (secondary N) is 2. The first-order valence-corrected chi connectivity index (χ1v) is 9.13. The molecule has 3 aromatic rings. The minimum Gasteiger partial charge on any atom is -0.326 e. The van der Waals surface area contributed by atoms with E-state index in [4.69, 9.17) is 0 Å². The van der Waals surface area contributed by atoms with Gasteiger partial charge >= 0.3 is 0 Å². The average molecular weight is 360 g/mol. The van der Waals surface area contributed by atoms with E-state index in [0.29, 0.717) is 13.1 Å². The predicted molar refractivity (Wildman–Crippen MR) is 106 cm³/mol. The largest absolute Gasteiger partial charge is 0.326 e. The third kappa shape index (κ3) is 3.91. The fourth-order valence-electron chi connectivity index (χ4n) is 3.66. The summed E-state index contributed by atoms with van der Waals surface area (Å²) in [6.07, 6.45) is 0. The summed E-state index contributed by atoms with van der Waals surface area (Å²) in [4.78, 5) is 12.9. The zero-order valence-corrected chi connectivity index (χ0v) is 14.9. The zero-order chi connectivity index (χ0) is 18.6. The van der Waals surface area contributed by atoms with Crippen molar-refractivity contribution in [2.45, 2.75) is 5.92 Å². The van der Waals surface area contributed by atoms with Gasteiger partial charge in [-0.25, -0.2) is 4.39 Å². The van der Waals surface area contributed by atoms with E-state index < -0.39 is 0 Å². The highest BCUT2D eigenvalue weighted by Gasteiger charge is 2.34. The van der Waals surface area contributed by atoms with Crippen molar-refractivity contribution in [3.05, 3.63) is 90.2 Å². The van der Waals surface area contributed by atoms with Crippen LogP contribution in [-0.4, -0.2) is 19.0 Å². The van der Waals surface area contributed by atoms with Crippen LogP contribution in [0.1, 0.15) is 11.5 Å². The third-order valence-corrected chi connectivity index (χ3v) is 5.09. The van der Waals surface area contributed by atoms with Crippen LogP contribution in [0.3, 0.4) is 0 Å². The summed E-state index contributed by atoms with van der Waals surface area (Å²) >= 11 is 0. The number of hydrogen-bond donors (Lipinski definition) is 2. The van der Waals surface area contributed by atoms with Crippen LogP contribution in [-0.2, 0) is 4.79 Å². The third-order valence-electron chi connectivity index (χ3n) is 5.09. The summed E-state index contributed by atoms with van der Waals surface area (Å²) in [7, 11) is 0. The lowest BCUT2D eigenvalue weighted by Crippen LogP contribution is -2.28. The van der Waals surface area contributed by atoms with Crippen LogP contribution < -0.4 is 10.6 Å². The number of halogens is 1. The first kappa shape index (κ1) is 17.4. The first-order valence-electron chi connectivity index (χ1n) is 9.13. The van der Waals surface area contributed by atoms with Gasteiger partial charge < -0.3 is 10.6 Å². The SMILES string of the molecule is O=C(Nc1cccc(-c2ccccc2)c1)[C@@H]1CNC[C@H]1c1ccc(F)cc1. The van der Waals surface area contributed by atoms with E-state index in [9.17, 15) is 9.18 Å². The molecule has 2 N–H and O–H groups in total. The normalized spacial score (nSPS) is 19.0. The standard InChI is InChI=1S/C23H21FN2O/c24-19-11-9-17(10-12-19)21-14-25-15-22(21)23(27)26-20-8-4-7-18(13-20)16-5-2-1-3-6-16/h1-13,21-22,25H,14-15H2,(H,26,27)/t21-,22+/m0/s1. The first-order chi connectivity index (χ1) is 13.2. The summed E-state index contributed by atoms with van der Waals surface area (Å²) in [6, 6.07) is 24.4. The lowest BCUT2D eigenvalue weighted by Gasteiger charge is -2.19. The van der Waals surface area contributed by atoms with E-state index in [0.717, 1.165) is 22.4 Å². The van der Waals surface area contributed by atoms with Gasteiger partial charge in [0.05, 0.1) is 5.92 Å². The van der Waals surface area contributed by atoms with Crippen LogP contribution in [0.4, 0.5) is 10.1 Å². The van der Waals surface area contributed by atoms with Gasteiger partial charge in [0.25, 0.3) is 0 Å². The Bertz CT molecular complexity index is 925. The quantitative estimate of drug-likeness (QED) is 0.722. The fraction of sp³-hybridized carbons (Fsp3) is 0.174. The maximum Gasteiger partial charge on any atom is 0.229 e. The van der Waals surface area contributed by atoms with Crippen LogP contribution >= 0.6 is 0 Å². The van der Waals surface area contributed by atoms with Crippen LogP contribution in [0.5, 0.6) is 0 Å². The van der Waals surface area contributed by atoms with Crippen LogP contribution in [0, 0.1) is 11.7 Å². The molecule has 0 bridgehead atoms. The lowest BCUT2D eigenvalue weighted by atomic mass is 9.88. The number of anilines is 1.